The predicted octanol–water partition coefficient (Wildman–Crippen LogP) is 4.02. The molecule has 0 unspecified atom stereocenters. The van der Waals surface area contributed by atoms with Crippen molar-refractivity contribution in [2.75, 3.05) is 14.2 Å². The van der Waals surface area contributed by atoms with Crippen molar-refractivity contribution in [3.8, 4) is 33.9 Å². The van der Waals surface area contributed by atoms with Crippen LogP contribution in [0.3, 0.4) is 0 Å². The van der Waals surface area contributed by atoms with Gasteiger partial charge in [0.25, 0.3) is 0 Å². The summed E-state index contributed by atoms with van der Waals surface area (Å²) >= 11 is 0. The molecule has 0 bridgehead atoms. The summed E-state index contributed by atoms with van der Waals surface area (Å²) in [5.74, 6) is 1.50. The Morgan fingerprint density at radius 3 is 2.55 bits per heavy atom. The first kappa shape index (κ1) is 17.1. The molecule has 0 radical (unpaired) electrons. The molecule has 2 aromatic carbocycles. The molecule has 3 aromatic heterocycles. The Bertz CT molecular complexity index is 1350. The summed E-state index contributed by atoms with van der Waals surface area (Å²) in [5, 5.41) is 5.08. The van der Waals surface area contributed by atoms with Gasteiger partial charge in [-0.05, 0) is 47.5 Å². The molecule has 29 heavy (non-hydrogen) atoms. The van der Waals surface area contributed by atoms with Crippen LogP contribution in [0.2, 0.25) is 0 Å². The van der Waals surface area contributed by atoms with E-state index in [1.165, 1.54) is 0 Å². The number of aromatic nitrogens is 5. The maximum atomic E-state index is 5.63. The van der Waals surface area contributed by atoms with Crippen LogP contribution in [0.4, 0.5) is 0 Å². The molecular weight excluding hydrogens is 366 g/mol. The van der Waals surface area contributed by atoms with Crippen molar-refractivity contribution < 1.29 is 9.47 Å². The topological polar surface area (TPSA) is 74.4 Å². The molecule has 142 valence electrons. The van der Waals surface area contributed by atoms with E-state index in [0.29, 0.717) is 0 Å². The van der Waals surface area contributed by atoms with Crippen LogP contribution < -0.4 is 9.47 Å². The first-order valence-corrected chi connectivity index (χ1v) is 9.04. The van der Waals surface area contributed by atoms with E-state index in [4.69, 9.17) is 9.47 Å². The lowest BCUT2D eigenvalue weighted by Gasteiger charge is -2.13. The quantitative estimate of drug-likeness (QED) is 0.467. The van der Waals surface area contributed by atoms with Crippen molar-refractivity contribution in [1.82, 2.24) is 24.6 Å². The Morgan fingerprint density at radius 2 is 1.69 bits per heavy atom. The number of ether oxygens (including phenoxy) is 2. The fraction of sp³-hybridized carbons (Fsp3) is 0.0909. The lowest BCUT2D eigenvalue weighted by molar-refractivity contribution is 0.415. The van der Waals surface area contributed by atoms with Crippen LogP contribution >= 0.6 is 0 Å². The smallest absolute Gasteiger partial charge is 0.155 e. The summed E-state index contributed by atoms with van der Waals surface area (Å²) in [7, 11) is 3.30. The zero-order valence-electron chi connectivity index (χ0n) is 15.9. The highest BCUT2D eigenvalue weighted by Crippen LogP contribution is 2.37. The van der Waals surface area contributed by atoms with Crippen molar-refractivity contribution in [3.63, 3.8) is 0 Å². The summed E-state index contributed by atoms with van der Waals surface area (Å²) < 4.78 is 12.7. The fourth-order valence-electron chi connectivity index (χ4n) is 3.45. The monoisotopic (exact) mass is 383 g/mol. The van der Waals surface area contributed by atoms with Gasteiger partial charge in [-0.15, -0.1) is 0 Å². The molecule has 0 spiro atoms. The average molecular weight is 383 g/mol. The Morgan fingerprint density at radius 1 is 0.793 bits per heavy atom. The number of benzene rings is 2. The molecular formula is C22H17N5O2. The van der Waals surface area contributed by atoms with Gasteiger partial charge in [0.15, 0.2) is 5.65 Å². The first-order chi connectivity index (χ1) is 14.3. The van der Waals surface area contributed by atoms with Gasteiger partial charge >= 0.3 is 0 Å². The standard InChI is InChI=1S/C22H17N5O2/c1-28-16-4-5-17-19(11-16)23-12-25-22(17)18-9-14(3-6-20(18)29-2)15-7-8-27-21(10-15)24-13-26-27/h3-13H,1-2H3. The maximum absolute atomic E-state index is 5.63. The van der Waals surface area contributed by atoms with Crippen LogP contribution in [0.25, 0.3) is 38.9 Å². The van der Waals surface area contributed by atoms with E-state index < -0.39 is 0 Å². The minimum atomic E-state index is 0.744. The van der Waals surface area contributed by atoms with Crippen LogP contribution in [0.15, 0.2) is 67.4 Å². The van der Waals surface area contributed by atoms with Gasteiger partial charge in [0, 0.05) is 23.2 Å². The van der Waals surface area contributed by atoms with E-state index in [2.05, 4.69) is 26.1 Å². The fourth-order valence-corrected chi connectivity index (χ4v) is 3.45. The van der Waals surface area contributed by atoms with Crippen LogP contribution in [0.5, 0.6) is 11.5 Å². The number of nitrogens with zero attached hydrogens (tertiary/aromatic N) is 5. The summed E-state index contributed by atoms with van der Waals surface area (Å²) in [5.41, 5.74) is 5.37. The Kier molecular flexibility index (Phi) is 4.05. The van der Waals surface area contributed by atoms with Crippen LogP contribution in [0, 0.1) is 0 Å². The third-order valence-corrected chi connectivity index (χ3v) is 4.91. The largest absolute Gasteiger partial charge is 0.497 e. The second-order valence-corrected chi connectivity index (χ2v) is 6.50. The number of hydrogen-bond acceptors (Lipinski definition) is 6. The highest BCUT2D eigenvalue weighted by atomic mass is 16.5. The van der Waals surface area contributed by atoms with Gasteiger partial charge in [-0.2, -0.15) is 5.10 Å². The summed E-state index contributed by atoms with van der Waals surface area (Å²) in [4.78, 5) is 13.2. The van der Waals surface area contributed by atoms with Gasteiger partial charge in [-0.3, -0.25) is 0 Å². The van der Waals surface area contributed by atoms with E-state index in [-0.39, 0.29) is 0 Å². The average Bonchev–Trinajstić information content (AvgIpc) is 3.25. The molecule has 0 saturated heterocycles. The molecule has 0 atom stereocenters. The number of methoxy groups -OCH3 is 2. The van der Waals surface area contributed by atoms with Crippen molar-refractivity contribution in [1.29, 1.82) is 0 Å². The molecule has 0 aliphatic carbocycles. The Labute approximate surface area is 166 Å². The highest BCUT2D eigenvalue weighted by Gasteiger charge is 2.14. The normalized spacial score (nSPS) is 11.1. The molecule has 0 aliphatic heterocycles. The molecule has 0 saturated carbocycles. The molecule has 0 amide bonds. The Hall–Kier alpha value is -4.00. The van der Waals surface area contributed by atoms with Gasteiger partial charge in [-0.25, -0.2) is 19.5 Å². The molecule has 0 N–H and O–H groups in total. The molecule has 5 aromatic rings. The third-order valence-electron chi connectivity index (χ3n) is 4.91. The van der Waals surface area contributed by atoms with E-state index in [1.54, 1.807) is 31.4 Å². The molecule has 5 rings (SSSR count). The predicted molar refractivity (Wildman–Crippen MR) is 110 cm³/mol. The van der Waals surface area contributed by atoms with E-state index >= 15 is 0 Å². The summed E-state index contributed by atoms with van der Waals surface area (Å²) in [6, 6.07) is 15.8. The molecule has 0 aliphatic rings. The highest BCUT2D eigenvalue weighted by molar-refractivity contribution is 5.95. The van der Waals surface area contributed by atoms with Crippen LogP contribution in [-0.4, -0.2) is 38.8 Å². The van der Waals surface area contributed by atoms with Crippen molar-refractivity contribution in [3.05, 3.63) is 67.4 Å². The summed E-state index contributed by atoms with van der Waals surface area (Å²) in [6.07, 6.45) is 5.00. The van der Waals surface area contributed by atoms with Gasteiger partial charge in [0.2, 0.25) is 0 Å². The number of fused-ring (bicyclic) bond motifs is 2. The second-order valence-electron chi connectivity index (χ2n) is 6.50. The number of rotatable bonds is 4. The van der Waals surface area contributed by atoms with Crippen LogP contribution in [-0.2, 0) is 0 Å². The van der Waals surface area contributed by atoms with Gasteiger partial charge in [-0.1, -0.05) is 6.07 Å². The van der Waals surface area contributed by atoms with E-state index in [9.17, 15) is 0 Å². The van der Waals surface area contributed by atoms with Gasteiger partial charge < -0.3 is 9.47 Å². The zero-order valence-corrected chi connectivity index (χ0v) is 15.9. The zero-order chi connectivity index (χ0) is 19.8. The van der Waals surface area contributed by atoms with Crippen molar-refractivity contribution in [2.24, 2.45) is 0 Å². The molecule has 0 fully saturated rings. The van der Waals surface area contributed by atoms with Gasteiger partial charge in [0.1, 0.15) is 24.2 Å². The third kappa shape index (κ3) is 2.93. The van der Waals surface area contributed by atoms with Crippen molar-refractivity contribution in [2.45, 2.75) is 0 Å². The van der Waals surface area contributed by atoms with E-state index in [1.807, 2.05) is 48.7 Å². The maximum Gasteiger partial charge on any atom is 0.155 e. The minimum Gasteiger partial charge on any atom is -0.497 e. The number of hydrogen-bond donors (Lipinski definition) is 0. The Balaban J connectivity index is 1.70. The molecule has 3 heterocycles. The number of pyridine rings is 1. The van der Waals surface area contributed by atoms with Crippen molar-refractivity contribution >= 4 is 16.6 Å². The van der Waals surface area contributed by atoms with E-state index in [0.717, 1.165) is 50.4 Å². The van der Waals surface area contributed by atoms with Gasteiger partial charge in [0.05, 0.1) is 25.4 Å². The summed E-state index contributed by atoms with van der Waals surface area (Å²) in [6.45, 7) is 0. The molecule has 7 nitrogen and oxygen atoms in total. The SMILES string of the molecule is COc1ccc2c(-c3cc(-c4ccn5ncnc5c4)ccc3OC)ncnc2c1. The molecule has 7 heteroatoms. The lowest BCUT2D eigenvalue weighted by Crippen LogP contribution is -1.95. The first-order valence-electron chi connectivity index (χ1n) is 9.04. The minimum absolute atomic E-state index is 0.744. The second kappa shape index (κ2) is 6.87. The van der Waals surface area contributed by atoms with Crippen LogP contribution in [0.1, 0.15) is 0 Å². The lowest BCUT2D eigenvalue weighted by atomic mass is 9.99.